The molecule has 3 fully saturated rings. The standard InChI is InChI=1S/C30H35F3N4OS/c1-29-16-21-12-19(13-22(17-29)37(21)29)35-25-7-4-8-27-24(25)14-20(36(27)18-30(31,32)33)6-5-11-34-26-10-9-23(39-3)15-28(26)38-2/h4,7-10,15,19-22,34-35H,11-14,16-18H2,1-3H3. The van der Waals surface area contributed by atoms with Crippen LogP contribution < -0.4 is 20.3 Å². The van der Waals surface area contributed by atoms with E-state index in [1.165, 1.54) is 17.7 Å². The van der Waals surface area contributed by atoms with E-state index < -0.39 is 18.8 Å². The molecule has 0 amide bonds. The van der Waals surface area contributed by atoms with E-state index >= 15 is 0 Å². The van der Waals surface area contributed by atoms with Crippen molar-refractivity contribution < 1.29 is 17.9 Å². The molecule has 0 radical (unpaired) electrons. The predicted molar refractivity (Wildman–Crippen MR) is 152 cm³/mol. The molecule has 0 bridgehead atoms. The summed E-state index contributed by atoms with van der Waals surface area (Å²) in [7, 11) is 1.62. The molecule has 3 unspecified atom stereocenters. The van der Waals surface area contributed by atoms with Crippen LogP contribution in [0.1, 0.15) is 38.2 Å². The summed E-state index contributed by atoms with van der Waals surface area (Å²) in [5.74, 6) is 6.93. The first-order valence-corrected chi connectivity index (χ1v) is 14.8. The fourth-order valence-corrected chi connectivity index (χ4v) is 7.81. The maximum Gasteiger partial charge on any atom is 0.405 e. The Hall–Kier alpha value is -2.70. The van der Waals surface area contributed by atoms with Gasteiger partial charge < -0.3 is 20.3 Å². The number of ether oxygens (including phenoxy) is 1. The van der Waals surface area contributed by atoms with E-state index in [2.05, 4.69) is 34.3 Å². The first kappa shape index (κ1) is 26.5. The summed E-state index contributed by atoms with van der Waals surface area (Å²) in [6, 6.07) is 12.7. The molecule has 2 N–H and O–H groups in total. The molecule has 4 aliphatic heterocycles. The number of benzene rings is 2. The first-order valence-electron chi connectivity index (χ1n) is 13.6. The molecule has 208 valence electrons. The second kappa shape index (κ2) is 10.0. The van der Waals surface area contributed by atoms with Crippen molar-refractivity contribution in [2.24, 2.45) is 0 Å². The van der Waals surface area contributed by atoms with Crippen LogP contribution in [0, 0.1) is 11.8 Å². The zero-order valence-electron chi connectivity index (χ0n) is 22.6. The summed E-state index contributed by atoms with van der Waals surface area (Å²) in [6.07, 6.45) is 2.86. The molecule has 0 aliphatic carbocycles. The summed E-state index contributed by atoms with van der Waals surface area (Å²) in [6.45, 7) is 1.66. The number of rotatable bonds is 7. The highest BCUT2D eigenvalue weighted by Crippen LogP contribution is 2.56. The Bertz CT molecular complexity index is 1290. The minimum absolute atomic E-state index is 0.313. The van der Waals surface area contributed by atoms with Gasteiger partial charge in [0.1, 0.15) is 12.3 Å². The van der Waals surface area contributed by atoms with Crippen LogP contribution in [0.25, 0.3) is 0 Å². The first-order chi connectivity index (χ1) is 18.7. The Morgan fingerprint density at radius 1 is 1.13 bits per heavy atom. The number of methoxy groups -OCH3 is 1. The molecule has 4 aliphatic rings. The fourth-order valence-electron chi connectivity index (χ4n) is 7.38. The van der Waals surface area contributed by atoms with Crippen LogP contribution >= 0.6 is 11.8 Å². The number of nitrogens with one attached hydrogen (secondary N) is 2. The molecule has 39 heavy (non-hydrogen) atoms. The molecule has 4 heterocycles. The Morgan fingerprint density at radius 2 is 1.90 bits per heavy atom. The summed E-state index contributed by atoms with van der Waals surface area (Å²) in [5.41, 5.74) is 3.77. The van der Waals surface area contributed by atoms with Crippen molar-refractivity contribution in [2.75, 3.05) is 42.0 Å². The molecule has 3 saturated heterocycles. The van der Waals surface area contributed by atoms with Crippen molar-refractivity contribution in [3.05, 3.63) is 42.0 Å². The van der Waals surface area contributed by atoms with Gasteiger partial charge in [0.15, 0.2) is 0 Å². The molecule has 5 nitrogen and oxygen atoms in total. The Morgan fingerprint density at radius 3 is 2.56 bits per heavy atom. The minimum Gasteiger partial charge on any atom is -0.495 e. The van der Waals surface area contributed by atoms with Gasteiger partial charge in [0.2, 0.25) is 0 Å². The van der Waals surface area contributed by atoms with Gasteiger partial charge in [-0.2, -0.15) is 13.2 Å². The van der Waals surface area contributed by atoms with Gasteiger partial charge in [-0.1, -0.05) is 17.9 Å². The molecule has 6 rings (SSSR count). The van der Waals surface area contributed by atoms with Crippen molar-refractivity contribution in [1.82, 2.24) is 4.90 Å². The third-order valence-corrected chi connectivity index (χ3v) is 9.59. The average molecular weight is 557 g/mol. The lowest BCUT2D eigenvalue weighted by Crippen LogP contribution is -2.80. The fraction of sp³-hybridized carbons (Fsp3) is 0.533. The predicted octanol–water partition coefficient (Wildman–Crippen LogP) is 6.01. The number of hydrogen-bond donors (Lipinski definition) is 2. The quantitative estimate of drug-likeness (QED) is 0.322. The van der Waals surface area contributed by atoms with Crippen molar-refractivity contribution in [3.63, 3.8) is 0 Å². The van der Waals surface area contributed by atoms with Crippen LogP contribution in [0.15, 0.2) is 41.3 Å². The summed E-state index contributed by atoms with van der Waals surface area (Å²) < 4.78 is 46.4. The van der Waals surface area contributed by atoms with Crippen LogP contribution in [0.4, 0.5) is 30.2 Å². The lowest BCUT2D eigenvalue weighted by atomic mass is 9.60. The lowest BCUT2D eigenvalue weighted by molar-refractivity contribution is -0.210. The molecule has 0 saturated carbocycles. The van der Waals surface area contributed by atoms with Crippen molar-refractivity contribution in [2.45, 2.75) is 79.8 Å². The maximum atomic E-state index is 13.6. The molecule has 2 aromatic rings. The Balaban J connectivity index is 1.17. The van der Waals surface area contributed by atoms with E-state index in [-0.39, 0.29) is 0 Å². The highest BCUT2D eigenvalue weighted by atomic mass is 32.2. The summed E-state index contributed by atoms with van der Waals surface area (Å²) in [5, 5.41) is 6.99. The molecule has 0 aromatic heterocycles. The minimum atomic E-state index is -4.32. The van der Waals surface area contributed by atoms with E-state index in [9.17, 15) is 13.2 Å². The number of thioether (sulfide) groups is 1. The molecule has 9 heteroatoms. The monoisotopic (exact) mass is 556 g/mol. The van der Waals surface area contributed by atoms with Crippen molar-refractivity contribution in [1.29, 1.82) is 0 Å². The molecular formula is C30H35F3N4OS. The number of alkyl halides is 3. The Labute approximate surface area is 232 Å². The second-order valence-electron chi connectivity index (χ2n) is 11.4. The van der Waals surface area contributed by atoms with Gasteiger partial charge in [0.25, 0.3) is 0 Å². The van der Waals surface area contributed by atoms with E-state index in [4.69, 9.17) is 4.74 Å². The van der Waals surface area contributed by atoms with Crippen LogP contribution in [0.5, 0.6) is 5.75 Å². The van der Waals surface area contributed by atoms with Crippen LogP contribution in [-0.4, -0.2) is 67.2 Å². The molecular weight excluding hydrogens is 521 g/mol. The smallest absolute Gasteiger partial charge is 0.405 e. The van der Waals surface area contributed by atoms with Gasteiger partial charge in [-0.25, -0.2) is 0 Å². The van der Waals surface area contributed by atoms with E-state index in [0.29, 0.717) is 48.1 Å². The van der Waals surface area contributed by atoms with Gasteiger partial charge in [0.05, 0.1) is 25.4 Å². The second-order valence-corrected chi connectivity index (χ2v) is 12.3. The van der Waals surface area contributed by atoms with Gasteiger partial charge >= 0.3 is 6.18 Å². The van der Waals surface area contributed by atoms with Crippen LogP contribution in [0.2, 0.25) is 0 Å². The van der Waals surface area contributed by atoms with Crippen molar-refractivity contribution in [3.8, 4) is 17.6 Å². The summed E-state index contributed by atoms with van der Waals surface area (Å²) in [4.78, 5) is 5.19. The molecule has 2 aromatic carbocycles. The van der Waals surface area contributed by atoms with Crippen LogP contribution in [-0.2, 0) is 6.42 Å². The topological polar surface area (TPSA) is 39.8 Å². The highest BCUT2D eigenvalue weighted by Gasteiger charge is 2.62. The normalized spacial score (nSPS) is 28.8. The van der Waals surface area contributed by atoms with E-state index in [1.807, 2.05) is 36.6 Å². The highest BCUT2D eigenvalue weighted by molar-refractivity contribution is 7.98. The number of halogens is 3. The van der Waals surface area contributed by atoms with E-state index in [0.717, 1.165) is 34.7 Å². The number of fused-ring (bicyclic) bond motifs is 1. The number of hydrogen-bond acceptors (Lipinski definition) is 6. The molecule has 3 atom stereocenters. The summed E-state index contributed by atoms with van der Waals surface area (Å²) >= 11 is 1.63. The van der Waals surface area contributed by atoms with Crippen LogP contribution in [0.3, 0.4) is 0 Å². The number of anilines is 3. The number of nitrogens with zero attached hydrogens (tertiary/aromatic N) is 2. The Kier molecular flexibility index (Phi) is 6.83. The zero-order chi connectivity index (χ0) is 27.4. The van der Waals surface area contributed by atoms with Gasteiger partial charge in [-0.3, -0.25) is 4.90 Å². The number of piperidine rings is 2. The largest absolute Gasteiger partial charge is 0.495 e. The maximum absolute atomic E-state index is 13.6. The van der Waals surface area contributed by atoms with Crippen molar-refractivity contribution >= 4 is 28.8 Å². The van der Waals surface area contributed by atoms with Gasteiger partial charge in [0, 0.05) is 51.9 Å². The third kappa shape index (κ3) is 5.02. The van der Waals surface area contributed by atoms with Gasteiger partial charge in [-0.15, -0.1) is 11.8 Å². The lowest BCUT2D eigenvalue weighted by Gasteiger charge is -2.72. The third-order valence-electron chi connectivity index (χ3n) is 8.86. The van der Waals surface area contributed by atoms with E-state index in [1.54, 1.807) is 24.9 Å². The SMILES string of the molecule is COc1cc(SC)ccc1NCC#CC1Cc2c(NC3CC4CC5(C)CC(C3)N45)cccc2N1CC(F)(F)F. The average Bonchev–Trinajstić information content (AvgIpc) is 3.21. The zero-order valence-corrected chi connectivity index (χ0v) is 23.4. The van der Waals surface area contributed by atoms with Gasteiger partial charge in [-0.05, 0) is 69.2 Å². The molecule has 0 spiro atoms.